The average Bonchev–Trinajstić information content (AvgIpc) is 2.19. The molecule has 14 heavy (non-hydrogen) atoms. The molecule has 1 fully saturated rings. The molecule has 0 saturated carbocycles. The molecule has 0 amide bonds. The zero-order valence-electron chi connectivity index (χ0n) is 9.34. The van der Waals surface area contributed by atoms with Crippen LogP contribution >= 0.6 is 0 Å². The van der Waals surface area contributed by atoms with Gasteiger partial charge in [0, 0.05) is 4.91 Å². The molecule has 0 bridgehead atoms. The minimum Gasteiger partial charge on any atom is -0.368 e. The standard InChI is InChI=1S/C10H19N3O/c1-5-9-7(3)6(2)8(4)10(14-9)12-13-11/h6-10H,5H2,1-4H3/t6-,7-,8?,9?,10+/m0/s1. The van der Waals surface area contributed by atoms with Gasteiger partial charge in [-0.15, -0.1) is 0 Å². The second-order valence-electron chi connectivity index (χ2n) is 4.26. The maximum absolute atomic E-state index is 8.43. The zero-order valence-corrected chi connectivity index (χ0v) is 9.34. The van der Waals surface area contributed by atoms with Crippen molar-refractivity contribution in [1.29, 1.82) is 0 Å². The van der Waals surface area contributed by atoms with Gasteiger partial charge in [-0.3, -0.25) is 0 Å². The molecule has 0 aromatic rings. The second-order valence-corrected chi connectivity index (χ2v) is 4.26. The summed E-state index contributed by atoms with van der Waals surface area (Å²) in [5.41, 5.74) is 8.43. The second kappa shape index (κ2) is 4.67. The lowest BCUT2D eigenvalue weighted by molar-refractivity contribution is -0.130. The highest BCUT2D eigenvalue weighted by molar-refractivity contribution is 4.84. The Labute approximate surface area is 85.3 Å². The Hall–Kier alpha value is -0.730. The zero-order chi connectivity index (χ0) is 10.7. The summed E-state index contributed by atoms with van der Waals surface area (Å²) < 4.78 is 5.75. The van der Waals surface area contributed by atoms with E-state index in [1.165, 1.54) is 0 Å². The molecule has 0 aromatic carbocycles. The quantitative estimate of drug-likeness (QED) is 0.380. The van der Waals surface area contributed by atoms with E-state index in [2.05, 4.69) is 37.7 Å². The first-order valence-corrected chi connectivity index (χ1v) is 5.31. The Kier molecular flexibility index (Phi) is 3.78. The van der Waals surface area contributed by atoms with Crippen LogP contribution in [-0.4, -0.2) is 12.3 Å². The summed E-state index contributed by atoms with van der Waals surface area (Å²) in [5.74, 6) is 1.40. The third-order valence-corrected chi connectivity index (χ3v) is 3.58. The molecule has 0 aliphatic carbocycles. The van der Waals surface area contributed by atoms with Gasteiger partial charge in [-0.25, -0.2) is 0 Å². The van der Waals surface area contributed by atoms with E-state index in [9.17, 15) is 0 Å². The highest BCUT2D eigenvalue weighted by Crippen LogP contribution is 2.36. The van der Waals surface area contributed by atoms with Crippen molar-refractivity contribution < 1.29 is 4.74 Å². The van der Waals surface area contributed by atoms with E-state index >= 15 is 0 Å². The van der Waals surface area contributed by atoms with Crippen LogP contribution in [0.2, 0.25) is 0 Å². The van der Waals surface area contributed by atoms with Crippen molar-refractivity contribution in [2.24, 2.45) is 22.9 Å². The first-order chi connectivity index (χ1) is 6.61. The summed E-state index contributed by atoms with van der Waals surface area (Å²) in [6, 6.07) is 0. The highest BCUT2D eigenvalue weighted by atomic mass is 16.5. The Balaban J connectivity index is 2.77. The molecule has 4 heteroatoms. The molecular weight excluding hydrogens is 178 g/mol. The maximum atomic E-state index is 8.43. The molecule has 0 spiro atoms. The van der Waals surface area contributed by atoms with Crippen LogP contribution in [0.4, 0.5) is 0 Å². The van der Waals surface area contributed by atoms with E-state index in [1.807, 2.05) is 0 Å². The van der Waals surface area contributed by atoms with Crippen molar-refractivity contribution in [3.8, 4) is 0 Å². The number of rotatable bonds is 2. The molecule has 0 N–H and O–H groups in total. The smallest absolute Gasteiger partial charge is 0.139 e. The molecule has 80 valence electrons. The molecule has 5 atom stereocenters. The Morgan fingerprint density at radius 1 is 1.21 bits per heavy atom. The highest BCUT2D eigenvalue weighted by Gasteiger charge is 2.37. The molecule has 1 aliphatic rings. The normalized spacial score (nSPS) is 43.0. The van der Waals surface area contributed by atoms with Gasteiger partial charge in [-0.2, -0.15) is 0 Å². The van der Waals surface area contributed by atoms with E-state index in [1.54, 1.807) is 0 Å². The predicted molar refractivity (Wildman–Crippen MR) is 55.6 cm³/mol. The lowest BCUT2D eigenvalue weighted by Gasteiger charge is -2.41. The average molecular weight is 197 g/mol. The van der Waals surface area contributed by atoms with Crippen molar-refractivity contribution in [2.75, 3.05) is 0 Å². The minimum atomic E-state index is -0.281. The first kappa shape index (κ1) is 11.3. The van der Waals surface area contributed by atoms with Gasteiger partial charge in [0.1, 0.15) is 6.23 Å². The molecule has 2 unspecified atom stereocenters. The first-order valence-electron chi connectivity index (χ1n) is 5.31. The SMILES string of the molecule is CCC1O[C@@H](N=[N+]=[N-])C(C)[C@@H](C)[C@@H]1C. The number of nitrogens with zero attached hydrogens (tertiary/aromatic N) is 3. The van der Waals surface area contributed by atoms with Gasteiger partial charge >= 0.3 is 0 Å². The van der Waals surface area contributed by atoms with Crippen LogP contribution in [0.1, 0.15) is 34.1 Å². The summed E-state index contributed by atoms with van der Waals surface area (Å²) in [6.45, 7) is 8.62. The fourth-order valence-corrected chi connectivity index (χ4v) is 2.16. The molecule has 1 saturated heterocycles. The van der Waals surface area contributed by atoms with Gasteiger partial charge in [-0.1, -0.05) is 32.8 Å². The molecule has 1 heterocycles. The van der Waals surface area contributed by atoms with Crippen molar-refractivity contribution in [3.05, 3.63) is 10.4 Å². The molecule has 1 rings (SSSR count). The van der Waals surface area contributed by atoms with E-state index < -0.39 is 0 Å². The lowest BCUT2D eigenvalue weighted by Crippen LogP contribution is -2.43. The third-order valence-electron chi connectivity index (χ3n) is 3.58. The summed E-state index contributed by atoms with van der Waals surface area (Å²) in [7, 11) is 0. The van der Waals surface area contributed by atoms with Crippen LogP contribution in [0.25, 0.3) is 10.4 Å². The summed E-state index contributed by atoms with van der Waals surface area (Å²) >= 11 is 0. The van der Waals surface area contributed by atoms with Crippen molar-refractivity contribution in [1.82, 2.24) is 0 Å². The van der Waals surface area contributed by atoms with Crippen LogP contribution in [0, 0.1) is 17.8 Å². The molecule has 0 aromatic heterocycles. The fourth-order valence-electron chi connectivity index (χ4n) is 2.16. The van der Waals surface area contributed by atoms with E-state index in [0.29, 0.717) is 17.8 Å². The van der Waals surface area contributed by atoms with Gasteiger partial charge in [0.25, 0.3) is 0 Å². The van der Waals surface area contributed by atoms with E-state index in [-0.39, 0.29) is 12.3 Å². The molecule has 1 aliphatic heterocycles. The summed E-state index contributed by atoms with van der Waals surface area (Å²) in [6.07, 6.45) is 0.934. The topological polar surface area (TPSA) is 58.0 Å². The predicted octanol–water partition coefficient (Wildman–Crippen LogP) is 3.34. The van der Waals surface area contributed by atoms with Gasteiger partial charge in [0.05, 0.1) is 6.10 Å². The molecular formula is C10H19N3O. The number of azide groups is 1. The van der Waals surface area contributed by atoms with E-state index in [4.69, 9.17) is 10.3 Å². The van der Waals surface area contributed by atoms with Gasteiger partial charge in [0.15, 0.2) is 0 Å². The van der Waals surface area contributed by atoms with Crippen LogP contribution in [-0.2, 0) is 4.74 Å². The Bertz CT molecular complexity index is 236. The number of hydrogen-bond acceptors (Lipinski definition) is 2. The summed E-state index contributed by atoms with van der Waals surface area (Å²) in [4.78, 5) is 2.84. The fraction of sp³-hybridized carbons (Fsp3) is 1.00. The van der Waals surface area contributed by atoms with Crippen LogP contribution in [0.15, 0.2) is 5.11 Å². The monoisotopic (exact) mass is 197 g/mol. The van der Waals surface area contributed by atoms with Crippen molar-refractivity contribution in [3.63, 3.8) is 0 Å². The van der Waals surface area contributed by atoms with Gasteiger partial charge in [-0.05, 0) is 29.7 Å². The van der Waals surface area contributed by atoms with Crippen molar-refractivity contribution in [2.45, 2.75) is 46.4 Å². The van der Waals surface area contributed by atoms with Gasteiger partial charge in [0.2, 0.25) is 0 Å². The maximum Gasteiger partial charge on any atom is 0.139 e. The lowest BCUT2D eigenvalue weighted by atomic mass is 9.78. The number of hydrogen-bond donors (Lipinski definition) is 0. The van der Waals surface area contributed by atoms with E-state index in [0.717, 1.165) is 6.42 Å². The Morgan fingerprint density at radius 3 is 2.36 bits per heavy atom. The summed E-state index contributed by atoms with van der Waals surface area (Å²) in [5, 5.41) is 3.71. The number of ether oxygens (including phenoxy) is 1. The minimum absolute atomic E-state index is 0.233. The Morgan fingerprint density at radius 2 is 1.86 bits per heavy atom. The van der Waals surface area contributed by atoms with Gasteiger partial charge < -0.3 is 4.74 Å². The van der Waals surface area contributed by atoms with Crippen molar-refractivity contribution >= 4 is 0 Å². The largest absolute Gasteiger partial charge is 0.368 e. The molecule has 0 radical (unpaired) electrons. The van der Waals surface area contributed by atoms with Crippen LogP contribution in [0.5, 0.6) is 0 Å². The molecule has 4 nitrogen and oxygen atoms in total. The van der Waals surface area contributed by atoms with Crippen LogP contribution < -0.4 is 0 Å². The third kappa shape index (κ3) is 2.02. The van der Waals surface area contributed by atoms with Crippen LogP contribution in [0.3, 0.4) is 0 Å².